The predicted octanol–water partition coefficient (Wildman–Crippen LogP) is 0.293. The summed E-state index contributed by atoms with van der Waals surface area (Å²) in [6, 6.07) is -0.855. The average Bonchev–Trinajstić information content (AvgIpc) is 3.21. The Bertz CT molecular complexity index is 1030. The molecular weight excluding hydrogens is 490 g/mol. The van der Waals surface area contributed by atoms with Gasteiger partial charge in [0.25, 0.3) is 11.8 Å². The minimum atomic E-state index is -4.01. The van der Waals surface area contributed by atoms with E-state index in [9.17, 15) is 27.6 Å². The Labute approximate surface area is 211 Å². The molecule has 0 radical (unpaired) electrons. The number of nitrogens with one attached hydrogen (secondary N) is 2. The smallest absolute Gasteiger partial charge is 0.405 e. The highest BCUT2D eigenvalue weighted by molar-refractivity contribution is 7.87. The zero-order valence-corrected chi connectivity index (χ0v) is 21.1. The second kappa shape index (κ2) is 10.8. The zero-order chi connectivity index (χ0) is 25.9. The molecule has 0 aromatic heterocycles. The fourth-order valence-corrected chi connectivity index (χ4v) is 6.66. The molecule has 13 heteroatoms. The van der Waals surface area contributed by atoms with Crippen LogP contribution in [0.25, 0.3) is 0 Å². The Morgan fingerprint density at radius 3 is 2.53 bits per heavy atom. The van der Waals surface area contributed by atoms with E-state index in [2.05, 4.69) is 10.0 Å². The minimum absolute atomic E-state index is 0.269. The normalized spacial score (nSPS) is 32.9. The van der Waals surface area contributed by atoms with Gasteiger partial charge in [0.2, 0.25) is 5.91 Å². The predicted molar refractivity (Wildman–Crippen MR) is 128 cm³/mol. The van der Waals surface area contributed by atoms with Crippen LogP contribution in [0.15, 0.2) is 12.2 Å². The number of carbonyl (C=O) groups excluding carboxylic acids is 4. The van der Waals surface area contributed by atoms with Gasteiger partial charge in [0, 0.05) is 25.6 Å². The molecule has 4 unspecified atom stereocenters. The highest BCUT2D eigenvalue weighted by Crippen LogP contribution is 2.45. The molecule has 3 heterocycles. The molecule has 0 spiro atoms. The van der Waals surface area contributed by atoms with Crippen molar-refractivity contribution in [1.82, 2.24) is 19.2 Å². The van der Waals surface area contributed by atoms with E-state index in [-0.39, 0.29) is 12.3 Å². The maximum absolute atomic E-state index is 13.4. The molecule has 4 amide bonds. The molecule has 4 aliphatic rings. The topological polar surface area (TPSA) is 168 Å². The van der Waals surface area contributed by atoms with E-state index in [4.69, 9.17) is 10.5 Å². The minimum Gasteiger partial charge on any atom is -0.436 e. The molecule has 0 aromatic rings. The van der Waals surface area contributed by atoms with E-state index < -0.39 is 51.7 Å². The first kappa shape index (κ1) is 26.4. The molecule has 3 aliphatic heterocycles. The molecule has 1 aliphatic carbocycles. The Kier molecular flexibility index (Phi) is 7.88. The van der Waals surface area contributed by atoms with E-state index in [1.807, 2.05) is 12.2 Å². The Morgan fingerprint density at radius 1 is 1.06 bits per heavy atom. The molecular formula is C23H35N5O7S. The van der Waals surface area contributed by atoms with Crippen molar-refractivity contribution in [2.24, 2.45) is 11.7 Å². The molecule has 4 N–H and O–H groups in total. The monoisotopic (exact) mass is 525 g/mol. The second-order valence-electron chi connectivity index (χ2n) is 9.99. The number of hydrogen-bond acceptors (Lipinski definition) is 7. The summed E-state index contributed by atoms with van der Waals surface area (Å²) in [6.45, 7) is 0.999. The van der Waals surface area contributed by atoms with Gasteiger partial charge in [-0.2, -0.15) is 12.7 Å². The third-order valence-electron chi connectivity index (χ3n) is 7.47. The van der Waals surface area contributed by atoms with Crippen LogP contribution in [0.5, 0.6) is 0 Å². The third kappa shape index (κ3) is 5.66. The van der Waals surface area contributed by atoms with Crippen molar-refractivity contribution in [3.63, 3.8) is 0 Å². The molecule has 12 nitrogen and oxygen atoms in total. The Balaban J connectivity index is 1.56. The van der Waals surface area contributed by atoms with Gasteiger partial charge in [-0.05, 0) is 57.8 Å². The van der Waals surface area contributed by atoms with Gasteiger partial charge in [0.15, 0.2) is 6.10 Å². The van der Waals surface area contributed by atoms with Gasteiger partial charge in [0.1, 0.15) is 11.6 Å². The molecule has 4 rings (SSSR count). The van der Waals surface area contributed by atoms with Crippen molar-refractivity contribution < 1.29 is 32.3 Å². The summed E-state index contributed by atoms with van der Waals surface area (Å²) in [7, 11) is -4.01. The van der Waals surface area contributed by atoms with Crippen molar-refractivity contribution in [1.29, 1.82) is 0 Å². The lowest BCUT2D eigenvalue weighted by atomic mass is 10.1. The lowest BCUT2D eigenvalue weighted by molar-refractivity contribution is -0.146. The van der Waals surface area contributed by atoms with Gasteiger partial charge < -0.3 is 20.7 Å². The van der Waals surface area contributed by atoms with Crippen LogP contribution in [-0.2, 0) is 29.3 Å². The zero-order valence-electron chi connectivity index (χ0n) is 20.3. The van der Waals surface area contributed by atoms with Crippen molar-refractivity contribution in [2.45, 2.75) is 81.9 Å². The lowest BCUT2D eigenvalue weighted by Crippen LogP contribution is -2.58. The lowest BCUT2D eigenvalue weighted by Gasteiger charge is -2.29. The average molecular weight is 526 g/mol. The SMILES string of the molecule is NC(=O)OC1CCCCC/C=C\C2CC2(C(=O)NS(=O)(=O)N2CCCC2)NC(=O)C2CCCN2C1=O. The van der Waals surface area contributed by atoms with E-state index in [0.29, 0.717) is 45.3 Å². The van der Waals surface area contributed by atoms with Crippen LogP contribution in [-0.4, -0.2) is 78.8 Å². The van der Waals surface area contributed by atoms with Gasteiger partial charge in [-0.3, -0.25) is 14.4 Å². The van der Waals surface area contributed by atoms with Crippen LogP contribution in [0, 0.1) is 5.92 Å². The fourth-order valence-electron chi connectivity index (χ4n) is 5.38. The quantitative estimate of drug-likeness (QED) is 0.443. The summed E-state index contributed by atoms with van der Waals surface area (Å²) in [5.41, 5.74) is 3.78. The van der Waals surface area contributed by atoms with E-state index in [0.717, 1.165) is 32.1 Å². The van der Waals surface area contributed by atoms with Gasteiger partial charge >= 0.3 is 16.3 Å². The Morgan fingerprint density at radius 2 is 1.81 bits per heavy atom. The molecule has 0 bridgehead atoms. The number of carbonyl (C=O) groups is 4. The summed E-state index contributed by atoms with van der Waals surface area (Å²) in [5, 5.41) is 2.79. The van der Waals surface area contributed by atoms with Gasteiger partial charge in [-0.15, -0.1) is 0 Å². The summed E-state index contributed by atoms with van der Waals surface area (Å²) in [4.78, 5) is 52.7. The summed E-state index contributed by atoms with van der Waals surface area (Å²) >= 11 is 0. The van der Waals surface area contributed by atoms with Crippen LogP contribution < -0.4 is 15.8 Å². The van der Waals surface area contributed by atoms with Crippen LogP contribution in [0.1, 0.15) is 64.2 Å². The highest BCUT2D eigenvalue weighted by atomic mass is 32.2. The van der Waals surface area contributed by atoms with Crippen LogP contribution >= 0.6 is 0 Å². The van der Waals surface area contributed by atoms with Crippen molar-refractivity contribution >= 4 is 34.0 Å². The fraction of sp³-hybridized carbons (Fsp3) is 0.739. The number of rotatable bonds is 4. The summed E-state index contributed by atoms with van der Waals surface area (Å²) in [5.74, 6) is -2.13. The maximum atomic E-state index is 13.4. The van der Waals surface area contributed by atoms with Crippen molar-refractivity contribution in [3.05, 3.63) is 12.2 Å². The maximum Gasteiger partial charge on any atom is 0.405 e. The number of allylic oxidation sites excluding steroid dienone is 1. The molecule has 36 heavy (non-hydrogen) atoms. The molecule has 200 valence electrons. The number of hydrogen-bond donors (Lipinski definition) is 3. The third-order valence-corrected chi connectivity index (χ3v) is 8.96. The number of amides is 4. The first-order chi connectivity index (χ1) is 17.1. The van der Waals surface area contributed by atoms with Crippen molar-refractivity contribution in [3.8, 4) is 0 Å². The first-order valence-corrected chi connectivity index (χ1v) is 14.2. The molecule has 3 fully saturated rings. The largest absolute Gasteiger partial charge is 0.436 e. The number of primary amides is 1. The van der Waals surface area contributed by atoms with Gasteiger partial charge in [-0.1, -0.05) is 18.6 Å². The molecule has 2 saturated heterocycles. The number of nitrogens with two attached hydrogens (primary N) is 1. The molecule has 1 saturated carbocycles. The van der Waals surface area contributed by atoms with E-state index in [1.54, 1.807) is 0 Å². The molecule has 4 atom stereocenters. The highest BCUT2D eigenvalue weighted by Gasteiger charge is 2.61. The summed E-state index contributed by atoms with van der Waals surface area (Å²) in [6.07, 6.45) is 7.63. The summed E-state index contributed by atoms with van der Waals surface area (Å²) < 4.78 is 34.0. The van der Waals surface area contributed by atoms with Crippen molar-refractivity contribution in [2.75, 3.05) is 19.6 Å². The van der Waals surface area contributed by atoms with Gasteiger partial charge in [0.05, 0.1) is 0 Å². The number of nitrogens with zero attached hydrogens (tertiary/aromatic N) is 2. The molecule has 0 aromatic carbocycles. The van der Waals surface area contributed by atoms with E-state index >= 15 is 0 Å². The van der Waals surface area contributed by atoms with Gasteiger partial charge in [-0.25, -0.2) is 9.52 Å². The van der Waals surface area contributed by atoms with Crippen LogP contribution in [0.4, 0.5) is 4.79 Å². The number of fused-ring (bicyclic) bond motifs is 2. The van der Waals surface area contributed by atoms with E-state index in [1.165, 1.54) is 9.21 Å². The number of ether oxygens (including phenoxy) is 1. The standard InChI is InChI=1S/C23H35N5O7S/c24-22(32)35-18-11-5-3-1-2-4-9-16-15-23(16,21(31)26-36(33,34)27-12-6-7-13-27)25-19(29)17-10-8-14-28(17)20(18)30/h4,9,16-18H,1-3,5-8,10-15H2,(H2,24,32)(H,25,29)(H,26,31)/b9-4-. The Hall–Kier alpha value is -2.67. The van der Waals surface area contributed by atoms with Crippen LogP contribution in [0.2, 0.25) is 0 Å². The second-order valence-corrected chi connectivity index (χ2v) is 11.7. The van der Waals surface area contributed by atoms with Crippen LogP contribution in [0.3, 0.4) is 0 Å². The first-order valence-electron chi connectivity index (χ1n) is 12.7.